The molecule has 1 fully saturated rings. The average molecular weight is 446 g/mol. The molecule has 0 aliphatic carbocycles. The molecule has 0 radical (unpaired) electrons. The summed E-state index contributed by atoms with van der Waals surface area (Å²) in [5, 5.41) is 12.1. The van der Waals surface area contributed by atoms with Gasteiger partial charge >= 0.3 is 5.97 Å². The molecule has 1 aliphatic rings. The molecule has 0 unspecified atom stereocenters. The Hall–Kier alpha value is -2.27. The summed E-state index contributed by atoms with van der Waals surface area (Å²) in [7, 11) is 0. The lowest BCUT2D eigenvalue weighted by Crippen LogP contribution is -2.49. The van der Waals surface area contributed by atoms with Gasteiger partial charge in [0, 0.05) is 24.7 Å². The zero-order chi connectivity index (χ0) is 20.2. The molecule has 1 aliphatic heterocycles. The SMILES string of the molecule is Cl.O=C(O)C1CN(Cc2ccc3cc(OCCCc4ccc(Cl)cc4)ccc3c2)C1. The molecule has 0 spiro atoms. The van der Waals surface area contributed by atoms with Crippen LogP contribution in [0.25, 0.3) is 10.8 Å². The minimum atomic E-state index is -0.694. The molecule has 3 aromatic rings. The summed E-state index contributed by atoms with van der Waals surface area (Å²) >= 11 is 5.91. The van der Waals surface area contributed by atoms with Crippen molar-refractivity contribution in [3.8, 4) is 5.75 Å². The van der Waals surface area contributed by atoms with Crippen molar-refractivity contribution in [1.82, 2.24) is 4.90 Å². The number of hydrogen-bond acceptors (Lipinski definition) is 3. The number of aryl methyl sites for hydroxylation is 1. The van der Waals surface area contributed by atoms with E-state index in [1.807, 2.05) is 18.2 Å². The molecular weight excluding hydrogens is 421 g/mol. The van der Waals surface area contributed by atoms with Gasteiger partial charge in [-0.15, -0.1) is 12.4 Å². The van der Waals surface area contributed by atoms with Crippen molar-refractivity contribution >= 4 is 40.7 Å². The zero-order valence-electron chi connectivity index (χ0n) is 16.6. The Labute approximate surface area is 187 Å². The Morgan fingerprint density at radius 2 is 1.67 bits per heavy atom. The van der Waals surface area contributed by atoms with Crippen molar-refractivity contribution in [1.29, 1.82) is 0 Å². The summed E-state index contributed by atoms with van der Waals surface area (Å²) in [5.41, 5.74) is 2.47. The minimum Gasteiger partial charge on any atom is -0.494 e. The standard InChI is InChI=1S/C24H24ClNO3.ClH/c25-22-8-4-17(5-9-22)2-1-11-29-23-10-7-19-12-18(3-6-20(19)13-23)14-26-15-21(16-26)24(27)28;/h3-10,12-13,21H,1-2,11,14-16H2,(H,27,28);1H. The molecule has 4 rings (SSSR count). The number of carboxylic acid groups (broad SMARTS) is 1. The predicted octanol–water partition coefficient (Wildman–Crippen LogP) is 5.44. The van der Waals surface area contributed by atoms with Gasteiger partial charge in [0.1, 0.15) is 5.75 Å². The largest absolute Gasteiger partial charge is 0.494 e. The predicted molar refractivity (Wildman–Crippen MR) is 123 cm³/mol. The second kappa shape index (κ2) is 10.2. The highest BCUT2D eigenvalue weighted by Gasteiger charge is 2.32. The fourth-order valence-electron chi connectivity index (χ4n) is 3.69. The van der Waals surface area contributed by atoms with E-state index in [0.717, 1.165) is 35.5 Å². The van der Waals surface area contributed by atoms with Gasteiger partial charge in [0.05, 0.1) is 12.5 Å². The molecule has 30 heavy (non-hydrogen) atoms. The third kappa shape index (κ3) is 5.66. The van der Waals surface area contributed by atoms with E-state index >= 15 is 0 Å². The Balaban J connectivity index is 0.00000256. The van der Waals surface area contributed by atoms with Gasteiger partial charge in [-0.25, -0.2) is 0 Å². The molecule has 158 valence electrons. The molecule has 0 saturated carbocycles. The van der Waals surface area contributed by atoms with Crippen LogP contribution in [0.3, 0.4) is 0 Å². The van der Waals surface area contributed by atoms with Crippen LogP contribution in [0.1, 0.15) is 17.5 Å². The Kier molecular flexibility index (Phi) is 7.59. The maximum atomic E-state index is 10.9. The molecular formula is C24H25Cl2NO3. The number of aliphatic carboxylic acids is 1. The number of rotatable bonds is 8. The van der Waals surface area contributed by atoms with Gasteiger partial charge in [0.25, 0.3) is 0 Å². The lowest BCUT2D eigenvalue weighted by Gasteiger charge is -2.36. The number of fused-ring (bicyclic) bond motifs is 1. The summed E-state index contributed by atoms with van der Waals surface area (Å²) in [6.07, 6.45) is 1.92. The van der Waals surface area contributed by atoms with Crippen molar-refractivity contribution in [3.63, 3.8) is 0 Å². The topological polar surface area (TPSA) is 49.8 Å². The summed E-state index contributed by atoms with van der Waals surface area (Å²) in [5.74, 6) is -0.0243. The monoisotopic (exact) mass is 445 g/mol. The third-order valence-electron chi connectivity index (χ3n) is 5.38. The van der Waals surface area contributed by atoms with Gasteiger partial charge in [0.15, 0.2) is 0 Å². The zero-order valence-corrected chi connectivity index (χ0v) is 18.2. The summed E-state index contributed by atoms with van der Waals surface area (Å²) in [6, 6.07) is 20.5. The van der Waals surface area contributed by atoms with Gasteiger partial charge in [0.2, 0.25) is 0 Å². The Morgan fingerprint density at radius 1 is 1.00 bits per heavy atom. The molecule has 0 atom stereocenters. The lowest BCUT2D eigenvalue weighted by atomic mass is 9.99. The number of nitrogens with zero attached hydrogens (tertiary/aromatic N) is 1. The van der Waals surface area contributed by atoms with Gasteiger partial charge < -0.3 is 9.84 Å². The van der Waals surface area contributed by atoms with Crippen molar-refractivity contribution in [3.05, 3.63) is 76.8 Å². The first kappa shape index (κ1) is 22.4. The van der Waals surface area contributed by atoms with Crippen LogP contribution in [0.15, 0.2) is 60.7 Å². The first-order valence-electron chi connectivity index (χ1n) is 9.92. The van der Waals surface area contributed by atoms with Crippen LogP contribution in [0.5, 0.6) is 5.75 Å². The highest BCUT2D eigenvalue weighted by molar-refractivity contribution is 6.30. The highest BCUT2D eigenvalue weighted by atomic mass is 35.5. The molecule has 6 heteroatoms. The van der Waals surface area contributed by atoms with E-state index in [1.165, 1.54) is 16.5 Å². The van der Waals surface area contributed by atoms with E-state index in [2.05, 4.69) is 47.4 Å². The number of ether oxygens (including phenoxy) is 1. The van der Waals surface area contributed by atoms with Gasteiger partial charge in [-0.3, -0.25) is 9.69 Å². The second-order valence-corrected chi connectivity index (χ2v) is 8.09. The maximum absolute atomic E-state index is 10.9. The van der Waals surface area contributed by atoms with Crippen LogP contribution in [-0.2, 0) is 17.8 Å². The van der Waals surface area contributed by atoms with E-state index in [-0.39, 0.29) is 18.3 Å². The number of carboxylic acids is 1. The fourth-order valence-corrected chi connectivity index (χ4v) is 3.82. The van der Waals surface area contributed by atoms with Gasteiger partial charge in [-0.2, -0.15) is 0 Å². The van der Waals surface area contributed by atoms with Crippen LogP contribution >= 0.6 is 24.0 Å². The number of benzene rings is 3. The molecule has 0 aromatic heterocycles. The van der Waals surface area contributed by atoms with E-state index in [4.69, 9.17) is 21.4 Å². The van der Waals surface area contributed by atoms with E-state index in [1.54, 1.807) is 0 Å². The van der Waals surface area contributed by atoms with Gasteiger partial charge in [-0.05, 0) is 65.1 Å². The molecule has 1 N–H and O–H groups in total. The van der Waals surface area contributed by atoms with E-state index in [9.17, 15) is 4.79 Å². The van der Waals surface area contributed by atoms with Crippen LogP contribution in [0, 0.1) is 5.92 Å². The molecule has 3 aromatic carbocycles. The number of halogens is 2. The van der Waals surface area contributed by atoms with Crippen LogP contribution in [0.4, 0.5) is 0 Å². The first-order chi connectivity index (χ1) is 14.1. The maximum Gasteiger partial charge on any atom is 0.309 e. The quantitative estimate of drug-likeness (QED) is 0.468. The molecule has 0 amide bonds. The summed E-state index contributed by atoms with van der Waals surface area (Å²) in [4.78, 5) is 13.1. The van der Waals surface area contributed by atoms with E-state index < -0.39 is 5.97 Å². The van der Waals surface area contributed by atoms with Crippen molar-refractivity contribution in [2.24, 2.45) is 5.92 Å². The molecule has 1 heterocycles. The number of likely N-dealkylation sites (tertiary alicyclic amines) is 1. The number of hydrogen-bond donors (Lipinski definition) is 1. The Morgan fingerprint density at radius 3 is 2.40 bits per heavy atom. The van der Waals surface area contributed by atoms with Crippen molar-refractivity contribution in [2.45, 2.75) is 19.4 Å². The van der Waals surface area contributed by atoms with Crippen LogP contribution in [-0.4, -0.2) is 35.7 Å². The fraction of sp³-hybridized carbons (Fsp3) is 0.292. The van der Waals surface area contributed by atoms with Crippen molar-refractivity contribution < 1.29 is 14.6 Å². The summed E-state index contributed by atoms with van der Waals surface area (Å²) < 4.78 is 5.93. The minimum absolute atomic E-state index is 0. The highest BCUT2D eigenvalue weighted by Crippen LogP contribution is 2.25. The van der Waals surface area contributed by atoms with Crippen LogP contribution in [0.2, 0.25) is 5.02 Å². The molecule has 1 saturated heterocycles. The number of carbonyl (C=O) groups is 1. The Bertz CT molecular complexity index is 1000. The third-order valence-corrected chi connectivity index (χ3v) is 5.63. The smallest absolute Gasteiger partial charge is 0.309 e. The first-order valence-corrected chi connectivity index (χ1v) is 10.3. The van der Waals surface area contributed by atoms with E-state index in [0.29, 0.717) is 19.7 Å². The van der Waals surface area contributed by atoms with Crippen molar-refractivity contribution in [2.75, 3.05) is 19.7 Å². The summed E-state index contributed by atoms with van der Waals surface area (Å²) in [6.45, 7) is 2.74. The normalized spacial score (nSPS) is 14.2. The average Bonchev–Trinajstić information content (AvgIpc) is 2.68. The lowest BCUT2D eigenvalue weighted by molar-refractivity contribution is -0.147. The second-order valence-electron chi connectivity index (χ2n) is 7.65. The molecule has 0 bridgehead atoms. The molecule has 4 nitrogen and oxygen atoms in total. The van der Waals surface area contributed by atoms with Crippen LogP contribution < -0.4 is 4.74 Å². The van der Waals surface area contributed by atoms with Gasteiger partial charge in [-0.1, -0.05) is 41.9 Å².